The van der Waals surface area contributed by atoms with Gasteiger partial charge in [0.1, 0.15) is 8.07 Å². The molecule has 3 aliphatic heterocycles. The van der Waals surface area contributed by atoms with Gasteiger partial charge >= 0.3 is 0 Å². The number of fused-ring (bicyclic) bond motifs is 9. The van der Waals surface area contributed by atoms with Gasteiger partial charge in [0.2, 0.25) is 0 Å². The molecule has 0 fully saturated rings. The Morgan fingerprint density at radius 2 is 1.07 bits per heavy atom. The van der Waals surface area contributed by atoms with Crippen LogP contribution in [0.2, 0.25) is 13.1 Å². The van der Waals surface area contributed by atoms with Crippen LogP contribution in [0.25, 0.3) is 11.1 Å². The van der Waals surface area contributed by atoms with Gasteiger partial charge < -0.3 is 14.7 Å². The highest BCUT2D eigenvalue weighted by Gasteiger charge is 2.50. The van der Waals surface area contributed by atoms with Gasteiger partial charge in [-0.2, -0.15) is 0 Å². The molecule has 1 aliphatic carbocycles. The predicted octanol–water partition coefficient (Wildman–Crippen LogP) is 10.7. The monoisotopic (exact) mass is 759 g/mol. The van der Waals surface area contributed by atoms with Crippen molar-refractivity contribution in [3.05, 3.63) is 193 Å². The number of nitrogens with zero attached hydrogens (tertiary/aromatic N) is 3. The second-order valence-electron chi connectivity index (χ2n) is 17.4. The summed E-state index contributed by atoms with van der Waals surface area (Å²) in [4.78, 5) is 7.65. The molecule has 0 atom stereocenters. The van der Waals surface area contributed by atoms with E-state index in [1.54, 1.807) is 0 Å². The summed E-state index contributed by atoms with van der Waals surface area (Å²) in [6, 6.07) is 68.3. The molecule has 0 bridgehead atoms. The van der Waals surface area contributed by atoms with E-state index in [2.05, 4.69) is 224 Å². The zero-order valence-electron chi connectivity index (χ0n) is 33.2. The van der Waals surface area contributed by atoms with E-state index in [1.165, 1.54) is 88.8 Å². The minimum Gasteiger partial charge on any atom is -0.312 e. The van der Waals surface area contributed by atoms with Gasteiger partial charge in [-0.1, -0.05) is 136 Å². The molecule has 0 N–H and O–H groups in total. The molecule has 0 saturated carbocycles. The first-order valence-corrected chi connectivity index (χ1v) is 23.6. The van der Waals surface area contributed by atoms with Crippen molar-refractivity contribution in [2.45, 2.75) is 32.4 Å². The Balaban J connectivity index is 1.22. The van der Waals surface area contributed by atoms with Crippen LogP contribution in [0.1, 0.15) is 25.0 Å². The van der Waals surface area contributed by atoms with Gasteiger partial charge in [0.05, 0.1) is 0 Å². The molecule has 3 nitrogen and oxygen atoms in total. The van der Waals surface area contributed by atoms with E-state index >= 15 is 0 Å². The summed E-state index contributed by atoms with van der Waals surface area (Å²) in [7, 11) is -2.24. The highest BCUT2D eigenvalue weighted by molar-refractivity contribution is 7.06. The Bertz CT molecular complexity index is 2940. The normalized spacial score (nSPS) is 15.4. The van der Waals surface area contributed by atoms with Crippen LogP contribution in [-0.2, 0) is 5.41 Å². The Hall–Kier alpha value is -6.56. The third-order valence-corrected chi connectivity index (χ3v) is 17.1. The van der Waals surface area contributed by atoms with Gasteiger partial charge in [-0.05, 0) is 122 Å². The standard InChI is InChI=1S/C53H42BN3Si/c1-53(2)41-26-15-14-25-39(41)40-33-48-43(34-42(40)53)54-44-31-38(55(35-19-8-5-9-20-35)36-21-10-6-11-22-36)32-50-52(44)57(45-27-16-17-30-49(45)58(50,3)4)47-29-18-28-46(51(47)54)56(48)37-23-12-7-13-24-37/h5-34H,1-4H3. The number of benzene rings is 8. The lowest BCUT2D eigenvalue weighted by Crippen LogP contribution is -2.67. The lowest BCUT2D eigenvalue weighted by atomic mass is 9.33. The van der Waals surface area contributed by atoms with E-state index in [4.69, 9.17) is 0 Å². The molecule has 0 saturated heterocycles. The van der Waals surface area contributed by atoms with Crippen LogP contribution >= 0.6 is 0 Å². The highest BCUT2D eigenvalue weighted by atomic mass is 28.3. The Kier molecular flexibility index (Phi) is 6.94. The molecule has 4 aliphatic rings. The smallest absolute Gasteiger partial charge is 0.252 e. The maximum atomic E-state index is 2.63. The summed E-state index contributed by atoms with van der Waals surface area (Å²) in [6.07, 6.45) is 0. The molecule has 8 aromatic carbocycles. The fourth-order valence-electron chi connectivity index (χ4n) is 10.9. The van der Waals surface area contributed by atoms with Crippen molar-refractivity contribution in [2.75, 3.05) is 14.7 Å². The zero-order valence-corrected chi connectivity index (χ0v) is 34.2. The first-order chi connectivity index (χ1) is 28.3. The van der Waals surface area contributed by atoms with Gasteiger partial charge in [0.15, 0.2) is 0 Å². The molecule has 0 unspecified atom stereocenters. The number of rotatable bonds is 4. The predicted molar refractivity (Wildman–Crippen MR) is 249 cm³/mol. The van der Waals surface area contributed by atoms with Crippen molar-refractivity contribution in [3.8, 4) is 11.1 Å². The van der Waals surface area contributed by atoms with Gasteiger partial charge in [-0.3, -0.25) is 0 Å². The van der Waals surface area contributed by atoms with Gasteiger partial charge in [-0.15, -0.1) is 0 Å². The van der Waals surface area contributed by atoms with Crippen LogP contribution in [-0.4, -0.2) is 14.8 Å². The largest absolute Gasteiger partial charge is 0.312 e. The lowest BCUT2D eigenvalue weighted by molar-refractivity contribution is 0.661. The Labute approximate surface area is 342 Å². The van der Waals surface area contributed by atoms with Crippen LogP contribution in [0, 0.1) is 0 Å². The molecule has 12 rings (SSSR count). The molecule has 3 heterocycles. The first kappa shape index (κ1) is 33.6. The van der Waals surface area contributed by atoms with E-state index < -0.39 is 8.07 Å². The maximum absolute atomic E-state index is 2.63. The molecule has 58 heavy (non-hydrogen) atoms. The molecular weight excluding hydrogens is 718 g/mol. The number of hydrogen-bond acceptors (Lipinski definition) is 3. The minimum atomic E-state index is -2.24. The summed E-state index contributed by atoms with van der Waals surface area (Å²) in [5.41, 5.74) is 20.6. The van der Waals surface area contributed by atoms with Crippen LogP contribution < -0.4 is 41.5 Å². The number of anilines is 9. The van der Waals surface area contributed by atoms with Crippen molar-refractivity contribution in [3.63, 3.8) is 0 Å². The second-order valence-corrected chi connectivity index (χ2v) is 21.7. The summed E-state index contributed by atoms with van der Waals surface area (Å²) < 4.78 is 0. The Morgan fingerprint density at radius 1 is 0.466 bits per heavy atom. The fourth-order valence-corrected chi connectivity index (χ4v) is 13.9. The molecule has 0 spiro atoms. The van der Waals surface area contributed by atoms with Gasteiger partial charge in [-0.25, -0.2) is 0 Å². The van der Waals surface area contributed by atoms with E-state index in [0.29, 0.717) is 0 Å². The average Bonchev–Trinajstić information content (AvgIpc) is 3.48. The summed E-state index contributed by atoms with van der Waals surface area (Å²) >= 11 is 0. The highest BCUT2D eigenvalue weighted by Crippen LogP contribution is 2.52. The van der Waals surface area contributed by atoms with E-state index in [9.17, 15) is 0 Å². The molecule has 5 heteroatoms. The van der Waals surface area contributed by atoms with E-state index in [0.717, 1.165) is 11.4 Å². The van der Waals surface area contributed by atoms with Crippen molar-refractivity contribution < 1.29 is 0 Å². The van der Waals surface area contributed by atoms with E-state index in [1.807, 2.05) is 0 Å². The summed E-state index contributed by atoms with van der Waals surface area (Å²) in [5.74, 6) is 0. The zero-order chi connectivity index (χ0) is 38.9. The van der Waals surface area contributed by atoms with Gasteiger partial charge in [0, 0.05) is 56.6 Å². The molecule has 0 aromatic heterocycles. The SMILES string of the molecule is CC1(C)c2ccccc2-c2cc3c(cc21)B1c2cc(N(c4ccccc4)c4ccccc4)cc4c2N(c2ccccc2[Si]4(C)C)c2cccc(c21)N3c1ccccc1. The fraction of sp³-hybridized carbons (Fsp3) is 0.0943. The van der Waals surface area contributed by atoms with Crippen molar-refractivity contribution >= 4 is 92.7 Å². The van der Waals surface area contributed by atoms with Gasteiger partial charge in [0.25, 0.3) is 6.71 Å². The number of hydrogen-bond donors (Lipinski definition) is 0. The Morgan fingerprint density at radius 3 is 1.79 bits per heavy atom. The van der Waals surface area contributed by atoms with Crippen LogP contribution in [0.4, 0.5) is 51.2 Å². The number of para-hydroxylation sites is 4. The van der Waals surface area contributed by atoms with Crippen molar-refractivity contribution in [2.24, 2.45) is 0 Å². The molecular formula is C53H42BN3Si. The van der Waals surface area contributed by atoms with Crippen LogP contribution in [0.15, 0.2) is 182 Å². The van der Waals surface area contributed by atoms with Crippen LogP contribution in [0.3, 0.4) is 0 Å². The molecule has 8 aromatic rings. The average molecular weight is 760 g/mol. The second kappa shape index (κ2) is 12.0. The van der Waals surface area contributed by atoms with Crippen molar-refractivity contribution in [1.29, 1.82) is 0 Å². The van der Waals surface area contributed by atoms with Crippen LogP contribution in [0.5, 0.6) is 0 Å². The molecule has 0 radical (unpaired) electrons. The quantitative estimate of drug-likeness (QED) is 0.166. The molecule has 0 amide bonds. The molecule has 276 valence electrons. The minimum absolute atomic E-state index is 0.0133. The first-order valence-electron chi connectivity index (χ1n) is 20.6. The maximum Gasteiger partial charge on any atom is 0.252 e. The lowest BCUT2D eigenvalue weighted by Gasteiger charge is -2.49. The third-order valence-electron chi connectivity index (χ3n) is 13.6. The third kappa shape index (κ3) is 4.45. The van der Waals surface area contributed by atoms with E-state index in [-0.39, 0.29) is 12.1 Å². The summed E-state index contributed by atoms with van der Waals surface area (Å²) in [5, 5.41) is 2.95. The van der Waals surface area contributed by atoms with Crippen molar-refractivity contribution in [1.82, 2.24) is 0 Å². The topological polar surface area (TPSA) is 9.72 Å². The summed E-state index contributed by atoms with van der Waals surface area (Å²) in [6.45, 7) is 9.95.